The number of carbonyl (C=O) groups is 1. The van der Waals surface area contributed by atoms with Gasteiger partial charge in [0.2, 0.25) is 10.0 Å². The fraction of sp³-hybridized carbons (Fsp3) is 0.409. The average molecular weight is 419 g/mol. The number of nitrogens with one attached hydrogen (secondary N) is 2. The zero-order chi connectivity index (χ0) is 21.6. The van der Waals surface area contributed by atoms with E-state index in [9.17, 15) is 13.2 Å². The summed E-state index contributed by atoms with van der Waals surface area (Å²) < 4.78 is 33.1. The molecule has 0 aromatic heterocycles. The van der Waals surface area contributed by atoms with Crippen LogP contribution in [0.2, 0.25) is 0 Å². The van der Waals surface area contributed by atoms with Gasteiger partial charge in [-0.15, -0.1) is 0 Å². The highest BCUT2D eigenvalue weighted by Gasteiger charge is 2.18. The molecule has 0 heterocycles. The molecule has 2 rings (SSSR count). The zero-order valence-corrected chi connectivity index (χ0v) is 18.5. The molecule has 1 atom stereocenters. The molecule has 2 aromatic carbocycles. The number of rotatable bonds is 9. The summed E-state index contributed by atoms with van der Waals surface area (Å²) in [5.74, 6) is 0.744. The first-order valence-electron chi connectivity index (χ1n) is 9.71. The first kappa shape index (κ1) is 22.9. The Morgan fingerprint density at radius 1 is 1.00 bits per heavy atom. The third-order valence-corrected chi connectivity index (χ3v) is 6.18. The van der Waals surface area contributed by atoms with Crippen LogP contribution in [0.1, 0.15) is 43.4 Å². The van der Waals surface area contributed by atoms with E-state index in [1.165, 1.54) is 5.56 Å². The lowest BCUT2D eigenvalue weighted by atomic mass is 10.0. The van der Waals surface area contributed by atoms with Crippen molar-refractivity contribution < 1.29 is 17.9 Å². The number of benzene rings is 2. The Kier molecular flexibility index (Phi) is 7.81. The van der Waals surface area contributed by atoms with Crippen molar-refractivity contribution in [3.8, 4) is 5.75 Å². The van der Waals surface area contributed by atoms with Gasteiger partial charge in [-0.1, -0.05) is 38.1 Å². The molecule has 0 saturated heterocycles. The van der Waals surface area contributed by atoms with Crippen LogP contribution >= 0.6 is 0 Å². The van der Waals surface area contributed by atoms with Crippen molar-refractivity contribution in [2.24, 2.45) is 0 Å². The Balaban J connectivity index is 1.82. The minimum atomic E-state index is -3.62. The normalized spacial score (nSPS) is 12.6. The molecule has 1 unspecified atom stereocenters. The van der Waals surface area contributed by atoms with Gasteiger partial charge >= 0.3 is 0 Å². The molecular formula is C22H30N2O4S. The van der Waals surface area contributed by atoms with Crippen LogP contribution in [0.5, 0.6) is 5.75 Å². The van der Waals surface area contributed by atoms with E-state index >= 15 is 0 Å². The fourth-order valence-corrected chi connectivity index (χ4v) is 4.14. The topological polar surface area (TPSA) is 84.5 Å². The molecule has 6 nitrogen and oxygen atoms in total. The highest BCUT2D eigenvalue weighted by molar-refractivity contribution is 7.89. The van der Waals surface area contributed by atoms with Gasteiger partial charge in [0.15, 0.2) is 6.10 Å². The van der Waals surface area contributed by atoms with Gasteiger partial charge in [-0.25, -0.2) is 13.1 Å². The Hall–Kier alpha value is -2.38. The van der Waals surface area contributed by atoms with E-state index in [-0.39, 0.29) is 23.9 Å². The summed E-state index contributed by atoms with van der Waals surface area (Å²) in [5.41, 5.74) is 2.75. The molecule has 0 radical (unpaired) electrons. The van der Waals surface area contributed by atoms with Crippen LogP contribution in [0, 0.1) is 13.8 Å². The Morgan fingerprint density at radius 3 is 2.28 bits per heavy atom. The predicted octanol–water partition coefficient (Wildman–Crippen LogP) is 3.29. The van der Waals surface area contributed by atoms with Crippen LogP contribution in [0.4, 0.5) is 0 Å². The summed E-state index contributed by atoms with van der Waals surface area (Å²) in [6.45, 7) is 9.74. The molecule has 7 heteroatoms. The summed E-state index contributed by atoms with van der Waals surface area (Å²) in [7, 11) is -3.62. The number of hydrogen-bond acceptors (Lipinski definition) is 4. The fourth-order valence-electron chi connectivity index (χ4n) is 2.78. The van der Waals surface area contributed by atoms with Crippen molar-refractivity contribution >= 4 is 15.9 Å². The minimum Gasteiger partial charge on any atom is -0.481 e. The lowest BCUT2D eigenvalue weighted by Crippen LogP contribution is -2.40. The van der Waals surface area contributed by atoms with Gasteiger partial charge in [0.25, 0.3) is 5.91 Å². The minimum absolute atomic E-state index is 0.0945. The van der Waals surface area contributed by atoms with Crippen LogP contribution in [-0.4, -0.2) is 33.5 Å². The van der Waals surface area contributed by atoms with Crippen molar-refractivity contribution in [1.82, 2.24) is 10.0 Å². The van der Waals surface area contributed by atoms with Crippen LogP contribution in [0.3, 0.4) is 0 Å². The van der Waals surface area contributed by atoms with Crippen molar-refractivity contribution in [2.75, 3.05) is 13.1 Å². The maximum absolute atomic E-state index is 12.5. The van der Waals surface area contributed by atoms with E-state index in [1.807, 2.05) is 37.3 Å². The number of ether oxygens (including phenoxy) is 1. The highest BCUT2D eigenvalue weighted by atomic mass is 32.2. The molecule has 158 valence electrons. The number of carbonyl (C=O) groups excluding carboxylic acids is 1. The molecule has 2 aromatic rings. The molecule has 0 spiro atoms. The molecule has 0 aliphatic rings. The van der Waals surface area contributed by atoms with E-state index in [0.717, 1.165) is 5.56 Å². The van der Waals surface area contributed by atoms with E-state index in [2.05, 4.69) is 23.9 Å². The quantitative estimate of drug-likeness (QED) is 0.612. The maximum atomic E-state index is 12.5. The van der Waals surface area contributed by atoms with Crippen molar-refractivity contribution in [1.29, 1.82) is 0 Å². The number of sulfonamides is 1. The van der Waals surface area contributed by atoms with E-state index in [0.29, 0.717) is 17.2 Å². The Labute approximate surface area is 173 Å². The molecule has 0 saturated carbocycles. The average Bonchev–Trinajstić information content (AvgIpc) is 2.67. The van der Waals surface area contributed by atoms with Gasteiger partial charge in [0.1, 0.15) is 5.75 Å². The smallest absolute Gasteiger partial charge is 0.260 e. The van der Waals surface area contributed by atoms with E-state index < -0.39 is 16.1 Å². The van der Waals surface area contributed by atoms with Crippen molar-refractivity contribution in [2.45, 2.75) is 51.5 Å². The molecule has 1 amide bonds. The Morgan fingerprint density at radius 2 is 1.66 bits per heavy atom. The predicted molar refractivity (Wildman–Crippen MR) is 115 cm³/mol. The zero-order valence-electron chi connectivity index (χ0n) is 17.7. The second kappa shape index (κ2) is 9.89. The van der Waals surface area contributed by atoms with Gasteiger partial charge in [0.05, 0.1) is 4.90 Å². The molecule has 0 aliphatic carbocycles. The van der Waals surface area contributed by atoms with Crippen molar-refractivity contribution in [3.05, 3.63) is 59.2 Å². The largest absolute Gasteiger partial charge is 0.481 e. The first-order valence-corrected chi connectivity index (χ1v) is 11.2. The Bertz CT molecular complexity index is 938. The van der Waals surface area contributed by atoms with Gasteiger partial charge < -0.3 is 10.1 Å². The molecule has 0 fully saturated rings. The monoisotopic (exact) mass is 418 g/mol. The summed E-state index contributed by atoms with van der Waals surface area (Å²) in [5, 5.41) is 2.69. The molecule has 2 N–H and O–H groups in total. The summed E-state index contributed by atoms with van der Waals surface area (Å²) in [6, 6.07) is 12.9. The van der Waals surface area contributed by atoms with Crippen molar-refractivity contribution in [3.63, 3.8) is 0 Å². The molecule has 0 bridgehead atoms. The van der Waals surface area contributed by atoms with E-state index in [4.69, 9.17) is 4.74 Å². The van der Waals surface area contributed by atoms with Gasteiger partial charge in [-0.2, -0.15) is 0 Å². The highest BCUT2D eigenvalue weighted by Crippen LogP contribution is 2.19. The van der Waals surface area contributed by atoms with Gasteiger partial charge in [-0.05, 0) is 61.6 Å². The third-order valence-electron chi connectivity index (χ3n) is 4.58. The summed E-state index contributed by atoms with van der Waals surface area (Å²) in [4.78, 5) is 12.5. The van der Waals surface area contributed by atoms with Crippen LogP contribution in [0.25, 0.3) is 0 Å². The summed E-state index contributed by atoms with van der Waals surface area (Å²) >= 11 is 0. The summed E-state index contributed by atoms with van der Waals surface area (Å²) in [6.07, 6.45) is -0.685. The second-order valence-corrected chi connectivity index (χ2v) is 9.18. The third kappa shape index (κ3) is 6.58. The maximum Gasteiger partial charge on any atom is 0.260 e. The SMILES string of the molecule is Cc1ccc(C)c(S(=O)(=O)NCCNC(=O)C(C)Oc2ccc(C(C)C)cc2)c1. The van der Waals surface area contributed by atoms with Crippen LogP contribution in [0.15, 0.2) is 47.4 Å². The van der Waals surface area contributed by atoms with E-state index in [1.54, 1.807) is 26.0 Å². The second-order valence-electron chi connectivity index (χ2n) is 7.44. The van der Waals surface area contributed by atoms with Crippen LogP contribution < -0.4 is 14.8 Å². The number of hydrogen-bond donors (Lipinski definition) is 2. The van der Waals surface area contributed by atoms with Gasteiger partial charge in [-0.3, -0.25) is 4.79 Å². The van der Waals surface area contributed by atoms with Crippen LogP contribution in [-0.2, 0) is 14.8 Å². The first-order chi connectivity index (χ1) is 13.6. The lowest BCUT2D eigenvalue weighted by molar-refractivity contribution is -0.127. The molecule has 29 heavy (non-hydrogen) atoms. The number of amides is 1. The molecule has 0 aliphatic heterocycles. The lowest BCUT2D eigenvalue weighted by Gasteiger charge is -2.16. The number of aryl methyl sites for hydroxylation is 2. The standard InChI is InChI=1S/C22H30N2O4S/c1-15(2)19-8-10-20(11-9-19)28-18(5)22(25)23-12-13-24-29(26,27)21-14-16(3)6-7-17(21)4/h6-11,14-15,18,24H,12-13H2,1-5H3,(H,23,25). The molecular weight excluding hydrogens is 388 g/mol. The van der Waals surface area contributed by atoms with Gasteiger partial charge in [0, 0.05) is 13.1 Å².